The molecule has 0 radical (unpaired) electrons. The maximum absolute atomic E-state index is 12.3. The van der Waals surface area contributed by atoms with Gasteiger partial charge >= 0.3 is 0 Å². The summed E-state index contributed by atoms with van der Waals surface area (Å²) >= 11 is 12.1. The second-order valence-corrected chi connectivity index (χ2v) is 6.85. The zero-order valence-electron chi connectivity index (χ0n) is 12.5. The van der Waals surface area contributed by atoms with Gasteiger partial charge in [-0.3, -0.25) is 4.79 Å². The fraction of sp³-hybridized carbons (Fsp3) is 0.562. The molecular formula is C16H22Cl2N2O. The maximum atomic E-state index is 12.3. The van der Waals surface area contributed by atoms with Gasteiger partial charge in [-0.1, -0.05) is 43.1 Å². The molecule has 3 nitrogen and oxygen atoms in total. The molecule has 0 atom stereocenters. The monoisotopic (exact) mass is 328 g/mol. The van der Waals surface area contributed by atoms with Gasteiger partial charge in [0.15, 0.2) is 0 Å². The Bertz CT molecular complexity index is 477. The Kier molecular flexibility index (Phi) is 5.91. The van der Waals surface area contributed by atoms with E-state index < -0.39 is 0 Å². The van der Waals surface area contributed by atoms with Crippen molar-refractivity contribution in [2.75, 3.05) is 19.6 Å². The number of carbonyl (C=O) groups is 1. The Hall–Kier alpha value is -0.770. The highest BCUT2D eigenvalue weighted by Gasteiger charge is 2.23. The molecule has 1 aromatic carbocycles. The molecule has 1 aliphatic rings. The molecule has 1 amide bonds. The van der Waals surface area contributed by atoms with Crippen LogP contribution in [0.15, 0.2) is 18.2 Å². The van der Waals surface area contributed by atoms with Crippen LogP contribution in [-0.2, 0) is 0 Å². The number of piperidine rings is 1. The lowest BCUT2D eigenvalue weighted by Gasteiger charge is -2.33. The van der Waals surface area contributed by atoms with Crippen molar-refractivity contribution in [3.63, 3.8) is 0 Å². The van der Waals surface area contributed by atoms with Gasteiger partial charge in [-0.05, 0) is 30.9 Å². The molecule has 1 N–H and O–H groups in total. The number of hydrogen-bond donors (Lipinski definition) is 1. The molecule has 0 saturated carbocycles. The number of rotatable bonds is 4. The average molecular weight is 329 g/mol. The van der Waals surface area contributed by atoms with Crippen LogP contribution >= 0.6 is 23.2 Å². The first-order valence-corrected chi connectivity index (χ1v) is 8.20. The molecular weight excluding hydrogens is 307 g/mol. The molecule has 0 aliphatic carbocycles. The summed E-state index contributed by atoms with van der Waals surface area (Å²) in [5.41, 5.74) is 0.380. The van der Waals surface area contributed by atoms with Gasteiger partial charge in [-0.25, -0.2) is 0 Å². The number of benzene rings is 1. The van der Waals surface area contributed by atoms with Crippen LogP contribution in [0.1, 0.15) is 37.0 Å². The molecule has 1 aromatic rings. The Balaban J connectivity index is 1.90. The van der Waals surface area contributed by atoms with Crippen molar-refractivity contribution in [1.82, 2.24) is 10.2 Å². The lowest BCUT2D eigenvalue weighted by molar-refractivity contribution is 0.0907. The highest BCUT2D eigenvalue weighted by atomic mass is 35.5. The molecule has 0 unspecified atom stereocenters. The summed E-state index contributed by atoms with van der Waals surface area (Å²) in [6.07, 6.45) is 1.95. The maximum Gasteiger partial charge on any atom is 0.254 e. The topological polar surface area (TPSA) is 32.3 Å². The second kappa shape index (κ2) is 7.48. The van der Waals surface area contributed by atoms with Crippen molar-refractivity contribution in [2.45, 2.75) is 32.7 Å². The molecule has 2 rings (SSSR count). The van der Waals surface area contributed by atoms with Crippen LogP contribution < -0.4 is 5.32 Å². The van der Waals surface area contributed by atoms with Crippen LogP contribution in [0.3, 0.4) is 0 Å². The fourth-order valence-electron chi connectivity index (χ4n) is 2.75. The second-order valence-electron chi connectivity index (χ2n) is 6.04. The van der Waals surface area contributed by atoms with Crippen molar-refractivity contribution in [3.8, 4) is 0 Å². The first-order valence-electron chi connectivity index (χ1n) is 7.44. The summed E-state index contributed by atoms with van der Waals surface area (Å²) < 4.78 is 0. The van der Waals surface area contributed by atoms with Crippen LogP contribution in [-0.4, -0.2) is 36.5 Å². The first-order chi connectivity index (χ1) is 9.97. The Labute approximate surface area is 136 Å². The van der Waals surface area contributed by atoms with Crippen molar-refractivity contribution in [1.29, 1.82) is 0 Å². The summed E-state index contributed by atoms with van der Waals surface area (Å²) in [5, 5.41) is 3.86. The van der Waals surface area contributed by atoms with Gasteiger partial charge in [0.1, 0.15) is 0 Å². The predicted octanol–water partition coefficient (Wildman–Crippen LogP) is 3.84. The minimum Gasteiger partial charge on any atom is -0.349 e. The Morgan fingerprint density at radius 3 is 2.38 bits per heavy atom. The molecule has 0 bridgehead atoms. The van der Waals surface area contributed by atoms with E-state index in [0.717, 1.165) is 32.5 Å². The third-order valence-electron chi connectivity index (χ3n) is 3.74. The molecule has 1 saturated heterocycles. The summed E-state index contributed by atoms with van der Waals surface area (Å²) in [7, 11) is 0. The number of likely N-dealkylation sites (tertiary alicyclic amines) is 1. The fourth-order valence-corrected chi connectivity index (χ4v) is 3.32. The SMILES string of the molecule is CC(C)CN1CCC(NC(=O)c2c(Cl)cccc2Cl)CC1. The largest absolute Gasteiger partial charge is 0.349 e. The average Bonchev–Trinajstić information content (AvgIpc) is 2.40. The van der Waals surface area contributed by atoms with E-state index in [4.69, 9.17) is 23.2 Å². The van der Waals surface area contributed by atoms with E-state index in [9.17, 15) is 4.79 Å². The molecule has 1 fully saturated rings. The minimum atomic E-state index is -0.173. The van der Waals surface area contributed by atoms with Gasteiger partial charge in [0.25, 0.3) is 5.91 Å². The molecule has 0 spiro atoms. The Morgan fingerprint density at radius 1 is 1.29 bits per heavy atom. The van der Waals surface area contributed by atoms with Gasteiger partial charge in [-0.15, -0.1) is 0 Å². The van der Waals surface area contributed by atoms with E-state index in [1.54, 1.807) is 18.2 Å². The Morgan fingerprint density at radius 2 is 1.86 bits per heavy atom. The van der Waals surface area contributed by atoms with Crippen molar-refractivity contribution in [3.05, 3.63) is 33.8 Å². The smallest absolute Gasteiger partial charge is 0.254 e. The summed E-state index contributed by atoms with van der Waals surface area (Å²) in [6.45, 7) is 7.64. The summed E-state index contributed by atoms with van der Waals surface area (Å²) in [6, 6.07) is 5.32. The number of nitrogens with zero attached hydrogens (tertiary/aromatic N) is 1. The normalized spacial score (nSPS) is 17.2. The quantitative estimate of drug-likeness (QED) is 0.910. The van der Waals surface area contributed by atoms with E-state index in [2.05, 4.69) is 24.1 Å². The lowest BCUT2D eigenvalue weighted by atomic mass is 10.0. The van der Waals surface area contributed by atoms with E-state index in [0.29, 0.717) is 21.5 Å². The molecule has 21 heavy (non-hydrogen) atoms. The molecule has 1 aliphatic heterocycles. The van der Waals surface area contributed by atoms with Crippen molar-refractivity contribution >= 4 is 29.1 Å². The third kappa shape index (κ3) is 4.60. The summed E-state index contributed by atoms with van der Waals surface area (Å²) in [5.74, 6) is 0.506. The van der Waals surface area contributed by atoms with Crippen LogP contribution in [0.25, 0.3) is 0 Å². The van der Waals surface area contributed by atoms with Crippen molar-refractivity contribution < 1.29 is 4.79 Å². The molecule has 0 aromatic heterocycles. The third-order valence-corrected chi connectivity index (χ3v) is 4.37. The van der Waals surface area contributed by atoms with Crippen molar-refractivity contribution in [2.24, 2.45) is 5.92 Å². The molecule has 1 heterocycles. The zero-order chi connectivity index (χ0) is 15.4. The highest BCUT2D eigenvalue weighted by Crippen LogP contribution is 2.24. The zero-order valence-corrected chi connectivity index (χ0v) is 14.0. The van der Waals surface area contributed by atoms with E-state index in [1.807, 2.05) is 0 Å². The summed E-state index contributed by atoms with van der Waals surface area (Å²) in [4.78, 5) is 14.8. The number of halogens is 2. The highest BCUT2D eigenvalue weighted by molar-refractivity contribution is 6.39. The number of amides is 1. The van der Waals surface area contributed by atoms with Crippen LogP contribution in [0, 0.1) is 5.92 Å². The van der Waals surface area contributed by atoms with E-state index in [1.165, 1.54) is 0 Å². The van der Waals surface area contributed by atoms with Crippen LogP contribution in [0.5, 0.6) is 0 Å². The van der Waals surface area contributed by atoms with Crippen LogP contribution in [0.2, 0.25) is 10.0 Å². The predicted molar refractivity (Wildman–Crippen MR) is 88.2 cm³/mol. The standard InChI is InChI=1S/C16H22Cl2N2O/c1-11(2)10-20-8-6-12(7-9-20)19-16(21)15-13(17)4-3-5-14(15)18/h3-5,11-12H,6-10H2,1-2H3,(H,19,21). The number of hydrogen-bond acceptors (Lipinski definition) is 2. The van der Waals surface area contributed by atoms with Gasteiger partial charge in [-0.2, -0.15) is 0 Å². The molecule has 5 heteroatoms. The van der Waals surface area contributed by atoms with Gasteiger partial charge < -0.3 is 10.2 Å². The van der Waals surface area contributed by atoms with Crippen LogP contribution in [0.4, 0.5) is 0 Å². The number of nitrogens with one attached hydrogen (secondary N) is 1. The molecule has 116 valence electrons. The lowest BCUT2D eigenvalue weighted by Crippen LogP contribution is -2.45. The van der Waals surface area contributed by atoms with Gasteiger partial charge in [0, 0.05) is 25.7 Å². The minimum absolute atomic E-state index is 0.173. The number of carbonyl (C=O) groups excluding carboxylic acids is 1. The van der Waals surface area contributed by atoms with Gasteiger partial charge in [0.05, 0.1) is 15.6 Å². The first kappa shape index (κ1) is 16.6. The van der Waals surface area contributed by atoms with E-state index in [-0.39, 0.29) is 11.9 Å². The van der Waals surface area contributed by atoms with Gasteiger partial charge in [0.2, 0.25) is 0 Å². The van der Waals surface area contributed by atoms with E-state index >= 15 is 0 Å².